The van der Waals surface area contributed by atoms with E-state index in [0.29, 0.717) is 6.54 Å². The fourth-order valence-electron chi connectivity index (χ4n) is 3.95. The minimum atomic E-state index is 0.217. The molecule has 0 radical (unpaired) electrons. The number of anilines is 2. The van der Waals surface area contributed by atoms with Crippen molar-refractivity contribution in [3.63, 3.8) is 0 Å². The molecule has 0 spiro atoms. The van der Waals surface area contributed by atoms with Gasteiger partial charge in [-0.15, -0.1) is 11.3 Å². The Morgan fingerprint density at radius 1 is 1.20 bits per heavy atom. The maximum absolute atomic E-state index is 13.2. The first-order valence-electron chi connectivity index (χ1n) is 9.03. The summed E-state index contributed by atoms with van der Waals surface area (Å²) in [6.45, 7) is 5.51. The number of amides is 1. The molecule has 4 nitrogen and oxygen atoms in total. The van der Waals surface area contributed by atoms with Crippen LogP contribution >= 0.6 is 11.3 Å². The lowest BCUT2D eigenvalue weighted by Gasteiger charge is -2.32. The molecule has 2 aliphatic rings. The van der Waals surface area contributed by atoms with Gasteiger partial charge in [-0.2, -0.15) is 0 Å². The minimum absolute atomic E-state index is 0.217. The summed E-state index contributed by atoms with van der Waals surface area (Å²) in [5, 5.41) is 2.17. The smallest absolute Gasteiger partial charge is 0.241 e. The Morgan fingerprint density at radius 3 is 2.84 bits per heavy atom. The van der Waals surface area contributed by atoms with Crippen LogP contribution in [-0.4, -0.2) is 43.5 Å². The normalized spacial score (nSPS) is 20.8. The van der Waals surface area contributed by atoms with E-state index >= 15 is 0 Å². The van der Waals surface area contributed by atoms with Crippen LogP contribution in [0, 0.1) is 0 Å². The van der Waals surface area contributed by atoms with Gasteiger partial charge in [0.1, 0.15) is 0 Å². The van der Waals surface area contributed by atoms with Crippen molar-refractivity contribution in [3.8, 4) is 0 Å². The summed E-state index contributed by atoms with van der Waals surface area (Å²) >= 11 is 1.84. The molecule has 4 rings (SSSR count). The van der Waals surface area contributed by atoms with Crippen molar-refractivity contribution in [1.29, 1.82) is 0 Å². The Morgan fingerprint density at radius 2 is 2.00 bits per heavy atom. The minimum Gasteiger partial charge on any atom is -0.373 e. The highest BCUT2D eigenvalue weighted by atomic mass is 32.1. The van der Waals surface area contributed by atoms with Crippen LogP contribution in [0.2, 0.25) is 0 Å². The molecule has 0 saturated heterocycles. The van der Waals surface area contributed by atoms with E-state index in [-0.39, 0.29) is 11.9 Å². The zero-order valence-electron chi connectivity index (χ0n) is 14.9. The number of para-hydroxylation sites is 2. The summed E-state index contributed by atoms with van der Waals surface area (Å²) in [7, 11) is 2.11. The van der Waals surface area contributed by atoms with Gasteiger partial charge in [-0.3, -0.25) is 9.69 Å². The highest BCUT2D eigenvalue weighted by Gasteiger charge is 2.30. The molecule has 0 fully saturated rings. The monoisotopic (exact) mass is 355 g/mol. The second-order valence-electron chi connectivity index (χ2n) is 7.14. The Labute approximate surface area is 153 Å². The van der Waals surface area contributed by atoms with Crippen molar-refractivity contribution in [2.75, 3.05) is 36.5 Å². The average molecular weight is 356 g/mol. The first-order valence-corrected chi connectivity index (χ1v) is 9.91. The maximum atomic E-state index is 13.2. The zero-order chi connectivity index (χ0) is 17.4. The molecule has 0 aliphatic carbocycles. The summed E-state index contributed by atoms with van der Waals surface area (Å²) in [6, 6.07) is 10.7. The third kappa shape index (κ3) is 3.18. The fourth-order valence-corrected chi connectivity index (χ4v) is 4.84. The van der Waals surface area contributed by atoms with Crippen molar-refractivity contribution in [1.82, 2.24) is 4.90 Å². The summed E-state index contributed by atoms with van der Waals surface area (Å²) < 4.78 is 0. The van der Waals surface area contributed by atoms with Crippen molar-refractivity contribution in [2.45, 2.75) is 32.4 Å². The maximum Gasteiger partial charge on any atom is 0.241 e. The molecule has 3 heterocycles. The van der Waals surface area contributed by atoms with Gasteiger partial charge in [0.25, 0.3) is 0 Å². The number of hydrogen-bond acceptors (Lipinski definition) is 4. The predicted octanol–water partition coefficient (Wildman–Crippen LogP) is 3.37. The molecule has 0 saturated carbocycles. The number of fused-ring (bicyclic) bond motifs is 2. The first kappa shape index (κ1) is 16.6. The van der Waals surface area contributed by atoms with Crippen molar-refractivity contribution in [2.24, 2.45) is 0 Å². The van der Waals surface area contributed by atoms with Gasteiger partial charge in [0.05, 0.1) is 17.9 Å². The molecule has 132 valence electrons. The lowest BCUT2D eigenvalue weighted by atomic mass is 10.1. The third-order valence-electron chi connectivity index (χ3n) is 5.39. The predicted molar refractivity (Wildman–Crippen MR) is 105 cm³/mol. The van der Waals surface area contributed by atoms with Crippen molar-refractivity contribution < 1.29 is 4.79 Å². The van der Waals surface area contributed by atoms with E-state index in [2.05, 4.69) is 53.4 Å². The summed E-state index contributed by atoms with van der Waals surface area (Å²) in [4.78, 5) is 21.3. The fraction of sp³-hybridized carbons (Fsp3) is 0.450. The topological polar surface area (TPSA) is 26.8 Å². The highest BCUT2D eigenvalue weighted by Crippen LogP contribution is 2.34. The van der Waals surface area contributed by atoms with Crippen molar-refractivity contribution >= 4 is 28.6 Å². The van der Waals surface area contributed by atoms with Gasteiger partial charge in [-0.05, 0) is 48.9 Å². The van der Waals surface area contributed by atoms with Gasteiger partial charge in [0.2, 0.25) is 5.91 Å². The lowest BCUT2D eigenvalue weighted by molar-refractivity contribution is -0.120. The summed E-state index contributed by atoms with van der Waals surface area (Å²) in [6.07, 6.45) is 2.06. The number of carbonyl (C=O) groups is 1. The average Bonchev–Trinajstić information content (AvgIpc) is 3.03. The lowest BCUT2D eigenvalue weighted by Crippen LogP contribution is -2.45. The van der Waals surface area contributed by atoms with Gasteiger partial charge in [-0.25, -0.2) is 0 Å². The molecule has 5 heteroatoms. The SMILES string of the molecule is C[C@H]1CCN(C)c2ccccc2N1C(=O)CN1CCc2sccc2C1. The van der Waals surface area contributed by atoms with Crippen molar-refractivity contribution in [3.05, 3.63) is 46.2 Å². The van der Waals surface area contributed by atoms with Gasteiger partial charge < -0.3 is 9.80 Å². The number of rotatable bonds is 2. The van der Waals surface area contributed by atoms with Crippen LogP contribution in [0.1, 0.15) is 23.8 Å². The molecule has 0 unspecified atom stereocenters. The second-order valence-corrected chi connectivity index (χ2v) is 8.14. The Hall–Kier alpha value is -1.85. The van der Waals surface area contributed by atoms with Crippen LogP contribution in [-0.2, 0) is 17.8 Å². The molecule has 1 aromatic heterocycles. The molecule has 0 N–H and O–H groups in total. The number of nitrogens with zero attached hydrogens (tertiary/aromatic N) is 3. The number of thiophene rings is 1. The van der Waals surface area contributed by atoms with E-state index in [1.165, 1.54) is 10.4 Å². The molecule has 2 aliphatic heterocycles. The molecular weight excluding hydrogens is 330 g/mol. The van der Waals surface area contributed by atoms with E-state index in [1.54, 1.807) is 0 Å². The van der Waals surface area contributed by atoms with Gasteiger partial charge >= 0.3 is 0 Å². The molecule has 1 amide bonds. The number of benzene rings is 1. The number of hydrogen-bond donors (Lipinski definition) is 0. The van der Waals surface area contributed by atoms with Crippen LogP contribution in [0.15, 0.2) is 35.7 Å². The molecular formula is C20H25N3OS. The Balaban J connectivity index is 1.55. The van der Waals surface area contributed by atoms with Gasteiger partial charge in [0, 0.05) is 37.6 Å². The Kier molecular flexibility index (Phi) is 4.52. The van der Waals surface area contributed by atoms with E-state index < -0.39 is 0 Å². The van der Waals surface area contributed by atoms with E-state index in [0.717, 1.165) is 43.9 Å². The van der Waals surface area contributed by atoms with Crippen LogP contribution in [0.3, 0.4) is 0 Å². The van der Waals surface area contributed by atoms with Crippen LogP contribution < -0.4 is 9.80 Å². The molecule has 0 bridgehead atoms. The number of carbonyl (C=O) groups excluding carboxylic acids is 1. The van der Waals surface area contributed by atoms with E-state index in [1.807, 2.05) is 22.3 Å². The van der Waals surface area contributed by atoms with Gasteiger partial charge in [-0.1, -0.05) is 12.1 Å². The first-order chi connectivity index (χ1) is 12.1. The quantitative estimate of drug-likeness (QED) is 0.826. The van der Waals surface area contributed by atoms with E-state index in [9.17, 15) is 4.79 Å². The van der Waals surface area contributed by atoms with Gasteiger partial charge in [0.15, 0.2) is 0 Å². The molecule has 1 aromatic carbocycles. The Bertz CT molecular complexity index is 772. The summed E-state index contributed by atoms with van der Waals surface area (Å²) in [5.41, 5.74) is 3.60. The zero-order valence-corrected chi connectivity index (χ0v) is 15.8. The summed E-state index contributed by atoms with van der Waals surface area (Å²) in [5.74, 6) is 0.217. The van der Waals surface area contributed by atoms with Crippen LogP contribution in [0.25, 0.3) is 0 Å². The molecule has 1 atom stereocenters. The van der Waals surface area contributed by atoms with Crippen LogP contribution in [0.5, 0.6) is 0 Å². The second kappa shape index (κ2) is 6.81. The molecule has 2 aromatic rings. The highest BCUT2D eigenvalue weighted by molar-refractivity contribution is 7.10. The third-order valence-corrected chi connectivity index (χ3v) is 6.41. The van der Waals surface area contributed by atoms with Crippen LogP contribution in [0.4, 0.5) is 11.4 Å². The largest absolute Gasteiger partial charge is 0.373 e. The standard InChI is InChI=1S/C20H25N3OS/c1-15-7-10-21(2)17-5-3-4-6-18(17)23(15)20(24)14-22-11-8-19-16(13-22)9-12-25-19/h3-6,9,12,15H,7-8,10-11,13-14H2,1-2H3/t15-/m0/s1. The molecule has 25 heavy (non-hydrogen) atoms. The van der Waals surface area contributed by atoms with E-state index in [4.69, 9.17) is 0 Å².